The molecule has 4 amide bonds. The minimum atomic E-state index is -0.563. The van der Waals surface area contributed by atoms with E-state index in [9.17, 15) is 14.4 Å². The topological polar surface area (TPSA) is 142 Å². The number of carbonyl (C=O) groups is 3. The van der Waals surface area contributed by atoms with Crippen LogP contribution in [0.3, 0.4) is 0 Å². The SMILES string of the molecule is O=C1NC(=O)/C(=C/c2cnn3c(NC4CC4)cc(-c4ccc(C(=O)NCCN5CCOCC5)s4)nc23)N1. The number of thiophene rings is 1. The maximum atomic E-state index is 12.8. The van der Waals surface area contributed by atoms with Gasteiger partial charge >= 0.3 is 6.03 Å². The molecular weight excluding hydrogens is 496 g/mol. The molecule has 3 aliphatic rings. The zero-order chi connectivity index (χ0) is 25.4. The van der Waals surface area contributed by atoms with E-state index in [0.717, 1.165) is 56.4 Å². The molecule has 0 atom stereocenters. The molecule has 6 rings (SSSR count). The van der Waals surface area contributed by atoms with Gasteiger partial charge in [0.1, 0.15) is 11.5 Å². The number of morpholine rings is 1. The number of urea groups is 1. The Bertz CT molecular complexity index is 1400. The first-order valence-corrected chi connectivity index (χ1v) is 13.0. The van der Waals surface area contributed by atoms with Crippen LogP contribution in [0.5, 0.6) is 0 Å². The molecular formula is C24H26N8O4S. The van der Waals surface area contributed by atoms with Gasteiger partial charge in [0.2, 0.25) is 0 Å². The standard InChI is InChI=1S/C24H26N8O4S/c33-22-17(29-24(35)30-22)11-14-13-26-32-20(27-15-1-2-15)12-16(28-21(14)32)18-3-4-19(37-18)23(34)25-5-6-31-7-9-36-10-8-31/h3-4,11-13,15,27H,1-2,5-10H2,(H,25,34)(H2,29,30,33,35)/b17-11-. The van der Waals surface area contributed by atoms with E-state index in [1.807, 2.05) is 18.2 Å². The van der Waals surface area contributed by atoms with Crippen LogP contribution in [0.15, 0.2) is 30.1 Å². The third kappa shape index (κ3) is 5.19. The smallest absolute Gasteiger partial charge is 0.326 e. The van der Waals surface area contributed by atoms with Crippen LogP contribution in [-0.4, -0.2) is 82.8 Å². The van der Waals surface area contributed by atoms with Gasteiger partial charge in [-0.3, -0.25) is 19.8 Å². The lowest BCUT2D eigenvalue weighted by Crippen LogP contribution is -2.41. The van der Waals surface area contributed by atoms with Crippen molar-refractivity contribution in [3.05, 3.63) is 40.5 Å². The Hall–Kier alpha value is -3.81. The highest BCUT2D eigenvalue weighted by atomic mass is 32.1. The largest absolute Gasteiger partial charge is 0.379 e. The number of hydrogen-bond acceptors (Lipinski definition) is 9. The normalized spacial score (nSPS) is 19.3. The van der Waals surface area contributed by atoms with Gasteiger partial charge < -0.3 is 20.7 Å². The van der Waals surface area contributed by atoms with Crippen molar-refractivity contribution in [2.45, 2.75) is 18.9 Å². The van der Waals surface area contributed by atoms with E-state index in [1.54, 1.807) is 16.8 Å². The summed E-state index contributed by atoms with van der Waals surface area (Å²) in [5, 5.41) is 15.6. The summed E-state index contributed by atoms with van der Waals surface area (Å²) in [5.74, 6) is 0.163. The molecule has 37 heavy (non-hydrogen) atoms. The highest BCUT2D eigenvalue weighted by molar-refractivity contribution is 7.17. The maximum absolute atomic E-state index is 12.8. The maximum Gasteiger partial charge on any atom is 0.326 e. The van der Waals surface area contributed by atoms with Gasteiger partial charge in [-0.25, -0.2) is 9.78 Å². The van der Waals surface area contributed by atoms with E-state index in [2.05, 4.69) is 31.3 Å². The van der Waals surface area contributed by atoms with E-state index >= 15 is 0 Å². The number of amides is 4. The second kappa shape index (κ2) is 9.92. The molecule has 0 bridgehead atoms. The van der Waals surface area contributed by atoms with Crippen LogP contribution in [0.1, 0.15) is 28.1 Å². The summed E-state index contributed by atoms with van der Waals surface area (Å²) >= 11 is 1.37. The van der Waals surface area contributed by atoms with Gasteiger partial charge in [-0.2, -0.15) is 9.61 Å². The molecule has 4 N–H and O–H groups in total. The summed E-state index contributed by atoms with van der Waals surface area (Å²) in [7, 11) is 0. The van der Waals surface area contributed by atoms with Crippen molar-refractivity contribution >= 4 is 46.7 Å². The Labute approximate surface area is 216 Å². The Balaban J connectivity index is 1.25. The molecule has 0 aromatic carbocycles. The number of hydrogen-bond donors (Lipinski definition) is 4. The Morgan fingerprint density at radius 1 is 1.22 bits per heavy atom. The van der Waals surface area contributed by atoms with Crippen molar-refractivity contribution in [2.75, 3.05) is 44.7 Å². The number of anilines is 1. The lowest BCUT2D eigenvalue weighted by molar-refractivity contribution is -0.115. The van der Waals surface area contributed by atoms with Crippen LogP contribution in [0.4, 0.5) is 10.6 Å². The summed E-state index contributed by atoms with van der Waals surface area (Å²) in [6.07, 6.45) is 5.33. The Morgan fingerprint density at radius 3 is 2.81 bits per heavy atom. The van der Waals surface area contributed by atoms with Crippen molar-refractivity contribution in [3.63, 3.8) is 0 Å². The van der Waals surface area contributed by atoms with Gasteiger partial charge in [-0.05, 0) is 31.1 Å². The predicted molar refractivity (Wildman–Crippen MR) is 137 cm³/mol. The second-order valence-electron chi connectivity index (χ2n) is 9.12. The number of imide groups is 1. The summed E-state index contributed by atoms with van der Waals surface area (Å²) in [6.45, 7) is 4.59. The number of fused-ring (bicyclic) bond motifs is 1. The van der Waals surface area contributed by atoms with E-state index in [0.29, 0.717) is 34.4 Å². The van der Waals surface area contributed by atoms with Crippen LogP contribution in [-0.2, 0) is 9.53 Å². The first-order valence-electron chi connectivity index (χ1n) is 12.2. The van der Waals surface area contributed by atoms with Crippen molar-refractivity contribution in [2.24, 2.45) is 0 Å². The van der Waals surface area contributed by atoms with Gasteiger partial charge in [0.25, 0.3) is 11.8 Å². The van der Waals surface area contributed by atoms with E-state index < -0.39 is 11.9 Å². The van der Waals surface area contributed by atoms with Gasteiger partial charge in [-0.15, -0.1) is 11.3 Å². The van der Waals surface area contributed by atoms with Crippen LogP contribution < -0.4 is 21.3 Å². The first-order chi connectivity index (χ1) is 18.0. The number of carbonyl (C=O) groups excluding carboxylic acids is 3. The molecule has 3 fully saturated rings. The molecule has 2 aliphatic heterocycles. The monoisotopic (exact) mass is 522 g/mol. The zero-order valence-corrected chi connectivity index (χ0v) is 20.8. The molecule has 3 aromatic rings. The highest BCUT2D eigenvalue weighted by Crippen LogP contribution is 2.32. The van der Waals surface area contributed by atoms with Crippen molar-refractivity contribution in [1.82, 2.24) is 35.4 Å². The van der Waals surface area contributed by atoms with Crippen molar-refractivity contribution in [1.29, 1.82) is 0 Å². The third-order valence-electron chi connectivity index (χ3n) is 6.35. The fourth-order valence-corrected chi connectivity index (χ4v) is 5.11. The zero-order valence-electron chi connectivity index (χ0n) is 20.0. The summed E-state index contributed by atoms with van der Waals surface area (Å²) in [5.41, 5.74) is 1.95. The first kappa shape index (κ1) is 23.6. The highest BCUT2D eigenvalue weighted by Gasteiger charge is 2.26. The van der Waals surface area contributed by atoms with Gasteiger partial charge in [0, 0.05) is 43.9 Å². The molecule has 1 aliphatic carbocycles. The van der Waals surface area contributed by atoms with E-state index in [4.69, 9.17) is 9.72 Å². The molecule has 1 saturated carbocycles. The molecule has 3 aromatic heterocycles. The second-order valence-corrected chi connectivity index (χ2v) is 10.2. The molecule has 0 spiro atoms. The van der Waals surface area contributed by atoms with Gasteiger partial charge in [0.05, 0.1) is 34.9 Å². The molecule has 0 unspecified atom stereocenters. The number of nitrogens with one attached hydrogen (secondary N) is 4. The average Bonchev–Trinajstić information content (AvgIpc) is 3.26. The lowest BCUT2D eigenvalue weighted by atomic mass is 10.2. The molecule has 2 saturated heterocycles. The Kier molecular flexibility index (Phi) is 6.32. The molecule has 13 heteroatoms. The van der Waals surface area contributed by atoms with Crippen molar-refractivity contribution < 1.29 is 19.1 Å². The third-order valence-corrected chi connectivity index (χ3v) is 7.45. The number of rotatable bonds is 8. The molecule has 12 nitrogen and oxygen atoms in total. The minimum Gasteiger partial charge on any atom is -0.379 e. The fraction of sp³-hybridized carbons (Fsp3) is 0.375. The summed E-state index contributed by atoms with van der Waals surface area (Å²) < 4.78 is 7.05. The lowest BCUT2D eigenvalue weighted by Gasteiger charge is -2.26. The summed E-state index contributed by atoms with van der Waals surface area (Å²) in [4.78, 5) is 44.8. The van der Waals surface area contributed by atoms with Crippen molar-refractivity contribution in [3.8, 4) is 10.6 Å². The number of aromatic nitrogens is 3. The molecule has 0 radical (unpaired) electrons. The van der Waals surface area contributed by atoms with Crippen LogP contribution in [0.25, 0.3) is 22.3 Å². The van der Waals surface area contributed by atoms with E-state index in [-0.39, 0.29) is 11.6 Å². The quantitative estimate of drug-likeness (QED) is 0.256. The average molecular weight is 523 g/mol. The van der Waals surface area contributed by atoms with Crippen LogP contribution >= 0.6 is 11.3 Å². The fourth-order valence-electron chi connectivity index (χ4n) is 4.22. The number of nitrogens with zero attached hydrogens (tertiary/aromatic N) is 4. The Morgan fingerprint density at radius 2 is 2.05 bits per heavy atom. The minimum absolute atomic E-state index is 0.111. The van der Waals surface area contributed by atoms with Crippen LogP contribution in [0, 0.1) is 0 Å². The predicted octanol–water partition coefficient (Wildman–Crippen LogP) is 1.27. The number of ether oxygens (including phenoxy) is 1. The van der Waals surface area contributed by atoms with E-state index in [1.165, 1.54) is 11.3 Å². The van der Waals surface area contributed by atoms with Crippen LogP contribution in [0.2, 0.25) is 0 Å². The van der Waals surface area contributed by atoms with Gasteiger partial charge in [0.15, 0.2) is 5.65 Å². The molecule has 5 heterocycles. The summed E-state index contributed by atoms with van der Waals surface area (Å²) in [6, 6.07) is 5.43. The van der Waals surface area contributed by atoms with Gasteiger partial charge in [-0.1, -0.05) is 0 Å². The molecule has 192 valence electrons.